The van der Waals surface area contributed by atoms with Gasteiger partial charge in [0.25, 0.3) is 0 Å². The van der Waals surface area contributed by atoms with E-state index in [2.05, 4.69) is 44.5 Å². The van der Waals surface area contributed by atoms with Gasteiger partial charge in [-0.1, -0.05) is 23.4 Å². The zero-order chi connectivity index (χ0) is 20.3. The highest BCUT2D eigenvalue weighted by Crippen LogP contribution is 2.27. The van der Waals surface area contributed by atoms with E-state index in [4.69, 9.17) is 9.47 Å². The molecule has 1 saturated heterocycles. The van der Waals surface area contributed by atoms with Crippen LogP contribution >= 0.6 is 0 Å². The van der Waals surface area contributed by atoms with Crippen LogP contribution in [-0.2, 0) is 11.3 Å². The molecular weight excluding hydrogens is 378 g/mol. The number of fused-ring (bicyclic) bond motifs is 1. The average molecular weight is 401 g/mol. The van der Waals surface area contributed by atoms with Crippen molar-refractivity contribution in [1.29, 1.82) is 0 Å². The molecule has 0 spiro atoms. The molecule has 1 aromatic carbocycles. The minimum absolute atomic E-state index is 0.0960. The van der Waals surface area contributed by atoms with Crippen LogP contribution in [0.3, 0.4) is 0 Å². The third-order valence-corrected chi connectivity index (χ3v) is 5.47. The Morgan fingerprint density at radius 2 is 1.87 bits per heavy atom. The van der Waals surface area contributed by atoms with Gasteiger partial charge in [-0.05, 0) is 41.5 Å². The summed E-state index contributed by atoms with van der Waals surface area (Å²) in [5, 5.41) is 8.80. The lowest BCUT2D eigenvalue weighted by molar-refractivity contribution is -0.0343. The Kier molecular flexibility index (Phi) is 5.13. The number of hydrogen-bond donors (Lipinski definition) is 0. The highest BCUT2D eigenvalue weighted by molar-refractivity contribution is 5.65. The number of aromatic nitrogens is 4. The van der Waals surface area contributed by atoms with Crippen molar-refractivity contribution in [3.8, 4) is 16.9 Å². The predicted octanol–water partition coefficient (Wildman–Crippen LogP) is 3.37. The van der Waals surface area contributed by atoms with Gasteiger partial charge in [0.05, 0.1) is 19.2 Å². The largest absolute Gasteiger partial charge is 0.497 e. The zero-order valence-electron chi connectivity index (χ0n) is 16.8. The molecule has 1 atom stereocenters. The molecule has 7 heteroatoms. The SMILES string of the molecule is COc1ccc(CN2CCO[C@H](c3nnn4cc(-c5ccncc5)ccc34)C2)cc1. The van der Waals surface area contributed by atoms with Crippen molar-refractivity contribution in [3.63, 3.8) is 0 Å². The first-order chi connectivity index (χ1) is 14.8. The fraction of sp³-hybridized carbons (Fsp3) is 0.261. The minimum Gasteiger partial charge on any atom is -0.497 e. The van der Waals surface area contributed by atoms with Gasteiger partial charge in [-0.2, -0.15) is 0 Å². The van der Waals surface area contributed by atoms with Crippen molar-refractivity contribution in [2.75, 3.05) is 26.8 Å². The van der Waals surface area contributed by atoms with Crippen molar-refractivity contribution in [3.05, 3.63) is 78.4 Å². The molecule has 0 amide bonds. The van der Waals surface area contributed by atoms with Crippen LogP contribution in [0, 0.1) is 0 Å². The molecule has 0 N–H and O–H groups in total. The molecule has 0 bridgehead atoms. The number of pyridine rings is 2. The molecule has 30 heavy (non-hydrogen) atoms. The van der Waals surface area contributed by atoms with Crippen LogP contribution in [0.2, 0.25) is 0 Å². The van der Waals surface area contributed by atoms with E-state index in [0.717, 1.165) is 47.7 Å². The molecule has 4 heterocycles. The van der Waals surface area contributed by atoms with E-state index >= 15 is 0 Å². The third kappa shape index (κ3) is 3.77. The Balaban J connectivity index is 1.34. The molecule has 0 aliphatic carbocycles. The Morgan fingerprint density at radius 1 is 1.03 bits per heavy atom. The fourth-order valence-corrected chi connectivity index (χ4v) is 3.86. The summed E-state index contributed by atoms with van der Waals surface area (Å²) in [7, 11) is 1.69. The molecule has 1 fully saturated rings. The highest BCUT2D eigenvalue weighted by Gasteiger charge is 2.26. The van der Waals surface area contributed by atoms with Crippen LogP contribution < -0.4 is 4.74 Å². The maximum atomic E-state index is 6.06. The average Bonchev–Trinajstić information content (AvgIpc) is 3.24. The normalized spacial score (nSPS) is 17.3. The van der Waals surface area contributed by atoms with E-state index in [9.17, 15) is 0 Å². The summed E-state index contributed by atoms with van der Waals surface area (Å²) in [5.41, 5.74) is 5.29. The van der Waals surface area contributed by atoms with Gasteiger partial charge in [-0.3, -0.25) is 9.88 Å². The maximum absolute atomic E-state index is 6.06. The Bertz CT molecular complexity index is 1130. The summed E-state index contributed by atoms with van der Waals surface area (Å²) in [6, 6.07) is 16.4. The molecular formula is C23H23N5O2. The van der Waals surface area contributed by atoms with Gasteiger partial charge in [0.1, 0.15) is 17.5 Å². The second kappa shape index (κ2) is 8.22. The number of morpholine rings is 1. The second-order valence-corrected chi connectivity index (χ2v) is 7.40. The smallest absolute Gasteiger partial charge is 0.121 e. The van der Waals surface area contributed by atoms with Gasteiger partial charge in [-0.25, -0.2) is 4.52 Å². The van der Waals surface area contributed by atoms with Crippen molar-refractivity contribution < 1.29 is 9.47 Å². The number of hydrogen-bond acceptors (Lipinski definition) is 6. The summed E-state index contributed by atoms with van der Waals surface area (Å²) in [4.78, 5) is 6.48. The van der Waals surface area contributed by atoms with E-state index in [-0.39, 0.29) is 6.10 Å². The number of ether oxygens (including phenoxy) is 2. The van der Waals surface area contributed by atoms with Crippen LogP contribution in [-0.4, -0.2) is 51.5 Å². The quantitative estimate of drug-likeness (QED) is 0.511. The summed E-state index contributed by atoms with van der Waals surface area (Å²) < 4.78 is 13.1. The third-order valence-electron chi connectivity index (χ3n) is 5.47. The molecule has 4 aromatic rings. The summed E-state index contributed by atoms with van der Waals surface area (Å²) in [6.45, 7) is 3.23. The number of benzene rings is 1. The Labute approximate surface area is 174 Å². The molecule has 1 aliphatic heterocycles. The monoisotopic (exact) mass is 401 g/mol. The standard InChI is InChI=1S/C23H23N5O2/c1-29-20-5-2-17(3-6-20)14-27-12-13-30-22(16-27)23-21-7-4-19(15-28(21)26-25-23)18-8-10-24-11-9-18/h2-11,15,22H,12-14,16H2,1H3/t22-/m0/s1. The van der Waals surface area contributed by atoms with E-state index in [1.54, 1.807) is 19.5 Å². The van der Waals surface area contributed by atoms with Crippen LogP contribution in [0.4, 0.5) is 0 Å². The minimum atomic E-state index is -0.0960. The Hall–Kier alpha value is -3.29. The van der Waals surface area contributed by atoms with E-state index in [0.29, 0.717) is 6.61 Å². The molecule has 152 valence electrons. The van der Waals surface area contributed by atoms with Crippen molar-refractivity contribution in [2.45, 2.75) is 12.6 Å². The number of nitrogens with zero attached hydrogens (tertiary/aromatic N) is 5. The van der Waals surface area contributed by atoms with Crippen molar-refractivity contribution in [2.24, 2.45) is 0 Å². The van der Waals surface area contributed by atoms with E-state index in [1.165, 1.54) is 5.56 Å². The van der Waals surface area contributed by atoms with E-state index in [1.807, 2.05) is 35.0 Å². The highest BCUT2D eigenvalue weighted by atomic mass is 16.5. The molecule has 3 aromatic heterocycles. The topological polar surface area (TPSA) is 64.8 Å². The van der Waals surface area contributed by atoms with Crippen molar-refractivity contribution >= 4 is 5.52 Å². The molecule has 0 unspecified atom stereocenters. The predicted molar refractivity (Wildman–Crippen MR) is 113 cm³/mol. The first-order valence-electron chi connectivity index (χ1n) is 10.0. The van der Waals surface area contributed by atoms with Gasteiger partial charge in [0.15, 0.2) is 0 Å². The Morgan fingerprint density at radius 3 is 2.67 bits per heavy atom. The van der Waals surface area contributed by atoms with Gasteiger partial charge in [-0.15, -0.1) is 5.10 Å². The summed E-state index contributed by atoms with van der Waals surface area (Å²) in [5.74, 6) is 0.875. The summed E-state index contributed by atoms with van der Waals surface area (Å²) >= 11 is 0. The van der Waals surface area contributed by atoms with Gasteiger partial charge >= 0.3 is 0 Å². The van der Waals surface area contributed by atoms with Gasteiger partial charge < -0.3 is 9.47 Å². The lowest BCUT2D eigenvalue weighted by Gasteiger charge is -2.32. The van der Waals surface area contributed by atoms with Crippen molar-refractivity contribution in [1.82, 2.24) is 24.7 Å². The molecule has 1 aliphatic rings. The van der Waals surface area contributed by atoms with Crippen LogP contribution in [0.1, 0.15) is 17.4 Å². The van der Waals surface area contributed by atoms with Crippen LogP contribution in [0.15, 0.2) is 67.1 Å². The first-order valence-corrected chi connectivity index (χ1v) is 10.0. The van der Waals surface area contributed by atoms with Gasteiger partial charge in [0, 0.05) is 43.8 Å². The lowest BCUT2D eigenvalue weighted by atomic mass is 10.1. The van der Waals surface area contributed by atoms with Gasteiger partial charge in [0.2, 0.25) is 0 Å². The van der Waals surface area contributed by atoms with E-state index < -0.39 is 0 Å². The molecule has 5 rings (SSSR count). The second-order valence-electron chi connectivity index (χ2n) is 7.40. The molecule has 0 saturated carbocycles. The number of methoxy groups -OCH3 is 1. The molecule has 7 nitrogen and oxygen atoms in total. The molecule has 0 radical (unpaired) electrons. The number of rotatable bonds is 5. The lowest BCUT2D eigenvalue weighted by Crippen LogP contribution is -2.38. The van der Waals surface area contributed by atoms with Crippen LogP contribution in [0.5, 0.6) is 5.75 Å². The maximum Gasteiger partial charge on any atom is 0.121 e. The summed E-state index contributed by atoms with van der Waals surface area (Å²) in [6.07, 6.45) is 5.49. The zero-order valence-corrected chi connectivity index (χ0v) is 16.8. The fourth-order valence-electron chi connectivity index (χ4n) is 3.86. The first kappa shape index (κ1) is 18.7. The van der Waals surface area contributed by atoms with Crippen LogP contribution in [0.25, 0.3) is 16.6 Å².